The first-order valence-electron chi connectivity index (χ1n) is 8.21. The summed E-state index contributed by atoms with van der Waals surface area (Å²) in [5.41, 5.74) is 2.11. The fraction of sp³-hybridized carbons (Fsp3) is 0.471. The predicted octanol–water partition coefficient (Wildman–Crippen LogP) is 3.84. The Bertz CT molecular complexity index is 661. The summed E-state index contributed by atoms with van der Waals surface area (Å²) in [6.07, 6.45) is 1.10. The van der Waals surface area contributed by atoms with Crippen LogP contribution in [0.25, 0.3) is 0 Å². The first-order valence-corrected chi connectivity index (χ1v) is 10.0. The topological polar surface area (TPSA) is 76.1 Å². The van der Waals surface area contributed by atoms with Crippen LogP contribution >= 0.6 is 23.1 Å². The van der Waals surface area contributed by atoms with Gasteiger partial charge in [0.2, 0.25) is 11.0 Å². The lowest BCUT2D eigenvalue weighted by atomic mass is 9.99. The van der Waals surface area contributed by atoms with E-state index in [9.17, 15) is 4.79 Å². The average Bonchev–Trinajstić information content (AvgIpc) is 3.08. The molecule has 6 nitrogen and oxygen atoms in total. The molecule has 8 heteroatoms. The summed E-state index contributed by atoms with van der Waals surface area (Å²) < 4.78 is 5.73. The summed E-state index contributed by atoms with van der Waals surface area (Å²) in [5, 5.41) is 14.9. The van der Waals surface area contributed by atoms with Gasteiger partial charge in [-0.2, -0.15) is 0 Å². The molecule has 136 valence electrons. The molecule has 1 amide bonds. The number of methoxy groups -OCH3 is 1. The summed E-state index contributed by atoms with van der Waals surface area (Å²) in [6.45, 7) is 5.66. The Balaban J connectivity index is 1.77. The van der Waals surface area contributed by atoms with E-state index in [4.69, 9.17) is 4.74 Å². The van der Waals surface area contributed by atoms with Crippen LogP contribution in [0.2, 0.25) is 0 Å². The quantitative estimate of drug-likeness (QED) is 0.482. The molecule has 0 aliphatic rings. The van der Waals surface area contributed by atoms with Gasteiger partial charge in [-0.15, -0.1) is 10.2 Å². The van der Waals surface area contributed by atoms with Crippen molar-refractivity contribution in [1.29, 1.82) is 0 Å². The Morgan fingerprint density at radius 2 is 2.08 bits per heavy atom. The van der Waals surface area contributed by atoms with Crippen molar-refractivity contribution in [3.05, 3.63) is 29.8 Å². The van der Waals surface area contributed by atoms with Crippen molar-refractivity contribution in [2.75, 3.05) is 36.6 Å². The number of ether oxygens (including phenoxy) is 1. The number of benzene rings is 1. The number of anilines is 2. The summed E-state index contributed by atoms with van der Waals surface area (Å²) in [6, 6.07) is 8.04. The molecule has 25 heavy (non-hydrogen) atoms. The molecule has 0 unspecified atom stereocenters. The van der Waals surface area contributed by atoms with Crippen LogP contribution < -0.4 is 10.6 Å². The highest BCUT2D eigenvalue weighted by atomic mass is 32.2. The minimum absolute atomic E-state index is 0.0506. The van der Waals surface area contributed by atoms with Crippen LogP contribution in [-0.4, -0.2) is 42.1 Å². The Hall–Kier alpha value is -1.64. The molecule has 0 saturated heterocycles. The smallest absolute Gasteiger partial charge is 0.234 e. The molecule has 0 aliphatic heterocycles. The maximum atomic E-state index is 12.1. The molecule has 2 N–H and O–H groups in total. The monoisotopic (exact) mass is 380 g/mol. The van der Waals surface area contributed by atoms with E-state index in [1.54, 1.807) is 7.11 Å². The Kier molecular flexibility index (Phi) is 8.17. The minimum Gasteiger partial charge on any atom is -0.383 e. The summed E-state index contributed by atoms with van der Waals surface area (Å²) in [7, 11) is 1.65. The lowest BCUT2D eigenvalue weighted by Crippen LogP contribution is -2.13. The first kappa shape index (κ1) is 19.7. The molecule has 1 atom stereocenters. The second-order valence-corrected chi connectivity index (χ2v) is 7.76. The Morgan fingerprint density at radius 3 is 2.76 bits per heavy atom. The van der Waals surface area contributed by atoms with Gasteiger partial charge in [-0.3, -0.25) is 4.79 Å². The van der Waals surface area contributed by atoms with Crippen LogP contribution in [0.3, 0.4) is 0 Å². The van der Waals surface area contributed by atoms with Crippen LogP contribution in [0.5, 0.6) is 0 Å². The van der Waals surface area contributed by atoms with Crippen molar-refractivity contribution >= 4 is 39.8 Å². The van der Waals surface area contributed by atoms with Crippen molar-refractivity contribution in [3.63, 3.8) is 0 Å². The van der Waals surface area contributed by atoms with Crippen LogP contribution in [-0.2, 0) is 9.53 Å². The highest BCUT2D eigenvalue weighted by Crippen LogP contribution is 2.25. The van der Waals surface area contributed by atoms with Crippen LogP contribution in [0.4, 0.5) is 10.8 Å². The fourth-order valence-electron chi connectivity index (χ4n) is 2.05. The second kappa shape index (κ2) is 10.4. The van der Waals surface area contributed by atoms with Gasteiger partial charge in [-0.25, -0.2) is 0 Å². The third kappa shape index (κ3) is 6.64. The number of carbonyl (C=O) groups excluding carboxylic acids is 1. The number of aromatic nitrogens is 2. The highest BCUT2D eigenvalue weighted by molar-refractivity contribution is 8.01. The SMILES string of the molecule is CC[C@@H](C)c1ccc(NC(=O)CSc2nnc(NCCOC)s2)cc1. The van der Waals surface area contributed by atoms with E-state index in [-0.39, 0.29) is 5.91 Å². The lowest BCUT2D eigenvalue weighted by Gasteiger charge is -2.10. The molecule has 2 aromatic rings. The van der Waals surface area contributed by atoms with Crippen LogP contribution in [0.1, 0.15) is 31.7 Å². The summed E-state index contributed by atoms with van der Waals surface area (Å²) in [5.74, 6) is 0.787. The van der Waals surface area contributed by atoms with Crippen LogP contribution in [0, 0.1) is 0 Å². The normalized spacial score (nSPS) is 12.0. The largest absolute Gasteiger partial charge is 0.383 e. The standard InChI is InChI=1S/C17H24N4O2S2/c1-4-12(2)13-5-7-14(8-6-13)19-15(22)11-24-17-21-20-16(25-17)18-9-10-23-3/h5-8,12H,4,9-11H2,1-3H3,(H,18,20)(H,19,22)/t12-/m1/s1. The zero-order valence-corrected chi connectivity index (χ0v) is 16.4. The number of rotatable bonds is 10. The van der Waals surface area contributed by atoms with Crippen molar-refractivity contribution in [2.24, 2.45) is 0 Å². The number of amides is 1. The van der Waals surface area contributed by atoms with Gasteiger partial charge in [-0.05, 0) is 30.0 Å². The van der Waals surface area contributed by atoms with E-state index in [2.05, 4.69) is 46.8 Å². The molecule has 1 heterocycles. The number of hydrogen-bond donors (Lipinski definition) is 2. The van der Waals surface area contributed by atoms with E-state index >= 15 is 0 Å². The minimum atomic E-state index is -0.0506. The number of nitrogens with one attached hydrogen (secondary N) is 2. The molecule has 0 aliphatic carbocycles. The first-order chi connectivity index (χ1) is 12.1. The lowest BCUT2D eigenvalue weighted by molar-refractivity contribution is -0.113. The fourth-order valence-corrected chi connectivity index (χ4v) is 3.63. The van der Waals surface area contributed by atoms with Gasteiger partial charge in [0.1, 0.15) is 0 Å². The van der Waals surface area contributed by atoms with Gasteiger partial charge in [0.25, 0.3) is 0 Å². The van der Waals surface area contributed by atoms with E-state index in [1.165, 1.54) is 28.7 Å². The molecule has 0 saturated carbocycles. The second-order valence-electron chi connectivity index (χ2n) is 5.56. The molecule has 0 radical (unpaired) electrons. The molecule has 1 aromatic heterocycles. The number of hydrogen-bond acceptors (Lipinski definition) is 7. The highest BCUT2D eigenvalue weighted by Gasteiger charge is 2.09. The van der Waals surface area contributed by atoms with Gasteiger partial charge >= 0.3 is 0 Å². The number of carbonyl (C=O) groups is 1. The van der Waals surface area contributed by atoms with Crippen molar-refractivity contribution < 1.29 is 9.53 Å². The van der Waals surface area contributed by atoms with Gasteiger partial charge < -0.3 is 15.4 Å². The average molecular weight is 381 g/mol. The molecular weight excluding hydrogens is 356 g/mol. The zero-order valence-electron chi connectivity index (χ0n) is 14.7. The van der Waals surface area contributed by atoms with E-state index in [1.807, 2.05) is 12.1 Å². The third-order valence-corrected chi connectivity index (χ3v) is 5.71. The van der Waals surface area contributed by atoms with Crippen molar-refractivity contribution in [1.82, 2.24) is 10.2 Å². The maximum absolute atomic E-state index is 12.1. The molecule has 0 spiro atoms. The molecule has 1 aromatic carbocycles. The maximum Gasteiger partial charge on any atom is 0.234 e. The predicted molar refractivity (Wildman–Crippen MR) is 105 cm³/mol. The molecule has 0 fully saturated rings. The third-order valence-electron chi connectivity index (χ3n) is 3.69. The summed E-state index contributed by atoms with van der Waals surface area (Å²) >= 11 is 2.81. The molecular formula is C17H24N4O2S2. The number of thioether (sulfide) groups is 1. The van der Waals surface area contributed by atoms with Gasteiger partial charge in [0.15, 0.2) is 4.34 Å². The zero-order chi connectivity index (χ0) is 18.1. The van der Waals surface area contributed by atoms with E-state index in [0.717, 1.165) is 21.6 Å². The number of nitrogens with zero attached hydrogens (tertiary/aromatic N) is 2. The van der Waals surface area contributed by atoms with E-state index < -0.39 is 0 Å². The Labute approximate surface area is 156 Å². The molecule has 0 bridgehead atoms. The van der Waals surface area contributed by atoms with Gasteiger partial charge in [0, 0.05) is 19.3 Å². The van der Waals surface area contributed by atoms with E-state index in [0.29, 0.717) is 24.8 Å². The van der Waals surface area contributed by atoms with Crippen molar-refractivity contribution in [2.45, 2.75) is 30.5 Å². The van der Waals surface area contributed by atoms with Crippen molar-refractivity contribution in [3.8, 4) is 0 Å². The summed E-state index contributed by atoms with van der Waals surface area (Å²) in [4.78, 5) is 12.1. The Morgan fingerprint density at radius 1 is 1.32 bits per heavy atom. The van der Waals surface area contributed by atoms with Crippen LogP contribution in [0.15, 0.2) is 28.6 Å². The van der Waals surface area contributed by atoms with Gasteiger partial charge in [-0.1, -0.05) is 49.1 Å². The van der Waals surface area contributed by atoms with Gasteiger partial charge in [0.05, 0.1) is 12.4 Å². The molecule has 2 rings (SSSR count).